The third kappa shape index (κ3) is 3.56. The maximum atomic E-state index is 12.8. The van der Waals surface area contributed by atoms with E-state index in [9.17, 15) is 4.79 Å². The predicted octanol–water partition coefficient (Wildman–Crippen LogP) is 1.32. The first-order valence-corrected chi connectivity index (χ1v) is 10.5. The second-order valence-electron chi connectivity index (χ2n) is 8.23. The number of hydrogen-bond donors (Lipinski definition) is 0. The van der Waals surface area contributed by atoms with Gasteiger partial charge in [-0.25, -0.2) is 0 Å². The maximum absolute atomic E-state index is 12.8. The standard InChI is InChI=1S/C21H28N6O/c28-21(26-12-10-25(11-13-26)19-2-1-3-19)16-24-9-6-17-14-20(5-4-18(17)15-24)27-22-7-8-23-27/h4-5,7-8,14,19H,1-3,6,9-13,15-16H2. The Morgan fingerprint density at radius 1 is 1.00 bits per heavy atom. The molecule has 5 rings (SSSR count). The molecule has 1 aromatic carbocycles. The monoisotopic (exact) mass is 380 g/mol. The molecule has 1 aromatic heterocycles. The molecule has 2 aromatic rings. The normalized spacial score (nSPS) is 21.4. The first kappa shape index (κ1) is 17.8. The van der Waals surface area contributed by atoms with Crippen LogP contribution in [0.15, 0.2) is 30.6 Å². The summed E-state index contributed by atoms with van der Waals surface area (Å²) in [7, 11) is 0. The lowest BCUT2D eigenvalue weighted by atomic mass is 9.91. The van der Waals surface area contributed by atoms with Gasteiger partial charge in [0.25, 0.3) is 0 Å². The van der Waals surface area contributed by atoms with E-state index >= 15 is 0 Å². The first-order chi connectivity index (χ1) is 13.8. The lowest BCUT2D eigenvalue weighted by Gasteiger charge is -2.43. The Bertz CT molecular complexity index is 823. The summed E-state index contributed by atoms with van der Waals surface area (Å²) >= 11 is 0. The second-order valence-corrected chi connectivity index (χ2v) is 8.23. The van der Waals surface area contributed by atoms with Crippen molar-refractivity contribution in [3.63, 3.8) is 0 Å². The van der Waals surface area contributed by atoms with E-state index in [1.54, 1.807) is 17.2 Å². The van der Waals surface area contributed by atoms with Crippen molar-refractivity contribution in [2.45, 2.75) is 38.3 Å². The van der Waals surface area contributed by atoms with Crippen molar-refractivity contribution in [2.24, 2.45) is 0 Å². The van der Waals surface area contributed by atoms with Crippen molar-refractivity contribution < 1.29 is 4.79 Å². The summed E-state index contributed by atoms with van der Waals surface area (Å²) in [4.78, 5) is 21.4. The topological polar surface area (TPSA) is 57.5 Å². The van der Waals surface area contributed by atoms with Gasteiger partial charge in [0.05, 0.1) is 24.6 Å². The Morgan fingerprint density at radius 2 is 1.79 bits per heavy atom. The van der Waals surface area contributed by atoms with Crippen LogP contribution in [0.3, 0.4) is 0 Å². The summed E-state index contributed by atoms with van der Waals surface area (Å²) in [6.07, 6.45) is 8.42. The number of carbonyl (C=O) groups excluding carboxylic acids is 1. The second kappa shape index (κ2) is 7.64. The van der Waals surface area contributed by atoms with E-state index in [1.165, 1.54) is 30.4 Å². The Balaban J connectivity index is 1.16. The molecule has 2 aliphatic heterocycles. The van der Waals surface area contributed by atoms with Crippen molar-refractivity contribution in [1.29, 1.82) is 0 Å². The van der Waals surface area contributed by atoms with Gasteiger partial charge < -0.3 is 4.90 Å². The highest BCUT2D eigenvalue weighted by Crippen LogP contribution is 2.26. The molecule has 3 heterocycles. The Labute approximate surface area is 165 Å². The highest BCUT2D eigenvalue weighted by Gasteiger charge is 2.30. The van der Waals surface area contributed by atoms with Crippen LogP contribution in [0.2, 0.25) is 0 Å². The zero-order valence-corrected chi connectivity index (χ0v) is 16.3. The zero-order valence-electron chi connectivity index (χ0n) is 16.3. The summed E-state index contributed by atoms with van der Waals surface area (Å²) in [5, 5.41) is 8.42. The van der Waals surface area contributed by atoms with Crippen LogP contribution in [-0.4, -0.2) is 80.9 Å². The number of carbonyl (C=O) groups is 1. The number of hydrogen-bond acceptors (Lipinski definition) is 5. The average Bonchev–Trinajstić information content (AvgIpc) is 3.21. The van der Waals surface area contributed by atoms with E-state index in [-0.39, 0.29) is 5.91 Å². The van der Waals surface area contributed by atoms with Gasteiger partial charge in [-0.15, -0.1) is 0 Å². The van der Waals surface area contributed by atoms with Crippen LogP contribution in [0.1, 0.15) is 30.4 Å². The van der Waals surface area contributed by atoms with Crippen LogP contribution in [0.25, 0.3) is 5.69 Å². The SMILES string of the molecule is O=C(CN1CCc2cc(-n3nccn3)ccc2C1)N1CCN(C2CCC2)CC1. The molecule has 1 saturated heterocycles. The molecule has 0 spiro atoms. The fraction of sp³-hybridized carbons (Fsp3) is 0.571. The van der Waals surface area contributed by atoms with Gasteiger partial charge in [0.2, 0.25) is 5.91 Å². The fourth-order valence-corrected chi connectivity index (χ4v) is 4.59. The van der Waals surface area contributed by atoms with Gasteiger partial charge in [-0.2, -0.15) is 15.0 Å². The summed E-state index contributed by atoms with van der Waals surface area (Å²) < 4.78 is 0. The number of rotatable bonds is 4. The van der Waals surface area contributed by atoms with Crippen molar-refractivity contribution >= 4 is 5.91 Å². The third-order valence-electron chi connectivity index (χ3n) is 6.55. The molecule has 0 N–H and O–H groups in total. The predicted molar refractivity (Wildman–Crippen MR) is 106 cm³/mol. The summed E-state index contributed by atoms with van der Waals surface area (Å²) in [5.41, 5.74) is 3.65. The van der Waals surface area contributed by atoms with Crippen LogP contribution in [0.4, 0.5) is 0 Å². The molecule has 0 radical (unpaired) electrons. The molecular weight excluding hydrogens is 352 g/mol. The van der Waals surface area contributed by atoms with E-state index in [2.05, 4.69) is 43.1 Å². The van der Waals surface area contributed by atoms with E-state index in [0.29, 0.717) is 6.54 Å². The van der Waals surface area contributed by atoms with Gasteiger partial charge in [-0.3, -0.25) is 14.6 Å². The number of amides is 1. The third-order valence-corrected chi connectivity index (χ3v) is 6.55. The van der Waals surface area contributed by atoms with Crippen molar-refractivity contribution in [3.05, 3.63) is 41.7 Å². The van der Waals surface area contributed by atoms with E-state index < -0.39 is 0 Å². The van der Waals surface area contributed by atoms with E-state index in [4.69, 9.17) is 0 Å². The number of nitrogens with zero attached hydrogens (tertiary/aromatic N) is 6. The Morgan fingerprint density at radius 3 is 2.50 bits per heavy atom. The number of aromatic nitrogens is 3. The molecule has 1 aliphatic carbocycles. The molecule has 3 aliphatic rings. The smallest absolute Gasteiger partial charge is 0.236 e. The van der Waals surface area contributed by atoms with E-state index in [0.717, 1.165) is 57.4 Å². The molecule has 1 amide bonds. The fourth-order valence-electron chi connectivity index (χ4n) is 4.59. The zero-order chi connectivity index (χ0) is 18.9. The molecule has 28 heavy (non-hydrogen) atoms. The molecule has 7 nitrogen and oxygen atoms in total. The molecule has 148 valence electrons. The Kier molecular flexibility index (Phi) is 4.86. The molecular formula is C21H28N6O. The molecule has 1 saturated carbocycles. The lowest BCUT2D eigenvalue weighted by Crippen LogP contribution is -2.55. The highest BCUT2D eigenvalue weighted by molar-refractivity contribution is 5.78. The minimum Gasteiger partial charge on any atom is -0.339 e. The van der Waals surface area contributed by atoms with Crippen molar-refractivity contribution in [3.8, 4) is 5.69 Å². The van der Waals surface area contributed by atoms with Crippen LogP contribution in [0.5, 0.6) is 0 Å². The molecule has 0 bridgehead atoms. The van der Waals surface area contributed by atoms with Gasteiger partial charge in [0.1, 0.15) is 0 Å². The van der Waals surface area contributed by atoms with Gasteiger partial charge >= 0.3 is 0 Å². The quantitative estimate of drug-likeness (QED) is 0.801. The van der Waals surface area contributed by atoms with Crippen LogP contribution in [0, 0.1) is 0 Å². The molecule has 7 heteroatoms. The maximum Gasteiger partial charge on any atom is 0.236 e. The van der Waals surface area contributed by atoms with Crippen LogP contribution < -0.4 is 0 Å². The summed E-state index contributed by atoms with van der Waals surface area (Å²) in [6, 6.07) is 7.18. The largest absolute Gasteiger partial charge is 0.339 e. The average molecular weight is 380 g/mol. The van der Waals surface area contributed by atoms with Gasteiger partial charge in [0, 0.05) is 45.3 Å². The number of fused-ring (bicyclic) bond motifs is 1. The Hall–Kier alpha value is -2.25. The summed E-state index contributed by atoms with van der Waals surface area (Å²) in [6.45, 7) is 6.17. The molecule has 0 atom stereocenters. The van der Waals surface area contributed by atoms with Crippen LogP contribution in [-0.2, 0) is 17.8 Å². The van der Waals surface area contributed by atoms with Gasteiger partial charge in [-0.1, -0.05) is 12.5 Å². The first-order valence-electron chi connectivity index (χ1n) is 10.5. The molecule has 2 fully saturated rings. The highest BCUT2D eigenvalue weighted by atomic mass is 16.2. The van der Waals surface area contributed by atoms with E-state index in [1.807, 2.05) is 0 Å². The van der Waals surface area contributed by atoms with Gasteiger partial charge in [-0.05, 0) is 42.5 Å². The van der Waals surface area contributed by atoms with Gasteiger partial charge in [0.15, 0.2) is 0 Å². The molecule has 0 unspecified atom stereocenters. The minimum atomic E-state index is 0.286. The van der Waals surface area contributed by atoms with Crippen LogP contribution >= 0.6 is 0 Å². The minimum absolute atomic E-state index is 0.286. The number of piperazine rings is 1. The lowest BCUT2D eigenvalue weighted by molar-refractivity contribution is -0.135. The van der Waals surface area contributed by atoms with Crippen molar-refractivity contribution in [2.75, 3.05) is 39.3 Å². The van der Waals surface area contributed by atoms with Crippen molar-refractivity contribution in [1.82, 2.24) is 29.7 Å². The number of benzene rings is 1. The summed E-state index contributed by atoms with van der Waals surface area (Å²) in [5.74, 6) is 0.286.